The van der Waals surface area contributed by atoms with E-state index in [1.807, 2.05) is 11.8 Å². The molecule has 3 rings (SSSR count). The van der Waals surface area contributed by atoms with E-state index in [4.69, 9.17) is 0 Å². The van der Waals surface area contributed by atoms with E-state index in [1.165, 1.54) is 4.31 Å². The summed E-state index contributed by atoms with van der Waals surface area (Å²) in [7, 11) is -3.52. The van der Waals surface area contributed by atoms with Crippen molar-refractivity contribution in [2.45, 2.75) is 19.5 Å². The molecule has 0 spiro atoms. The zero-order chi connectivity index (χ0) is 22.6. The molecular formula is C17H22F3N7O3S. The largest absolute Gasteiger partial charge is 0.421 e. The normalized spacial score (nSPS) is 15.8. The van der Waals surface area contributed by atoms with Gasteiger partial charge in [-0.05, 0) is 18.9 Å². The molecule has 3 heterocycles. The number of nitrogens with one attached hydrogen (secondary N) is 2. The second-order valence-corrected chi connectivity index (χ2v) is 9.13. The van der Waals surface area contributed by atoms with Gasteiger partial charge in [0.05, 0.1) is 5.75 Å². The van der Waals surface area contributed by atoms with Crippen LogP contribution in [-0.2, 0) is 16.2 Å². The predicted molar refractivity (Wildman–Crippen MR) is 107 cm³/mol. The summed E-state index contributed by atoms with van der Waals surface area (Å²) in [6.45, 7) is 3.47. The Labute approximate surface area is 176 Å². The van der Waals surface area contributed by atoms with Crippen LogP contribution < -0.4 is 15.8 Å². The second kappa shape index (κ2) is 9.18. The van der Waals surface area contributed by atoms with Gasteiger partial charge in [-0.25, -0.2) is 23.5 Å². The molecule has 2 aromatic heterocycles. The highest BCUT2D eigenvalue weighted by atomic mass is 32.2. The molecule has 0 unspecified atom stereocenters. The Morgan fingerprint density at radius 2 is 1.81 bits per heavy atom. The summed E-state index contributed by atoms with van der Waals surface area (Å²) in [5, 5.41) is 7.87. The van der Waals surface area contributed by atoms with E-state index < -0.39 is 27.3 Å². The Hall–Kier alpha value is -2.74. The number of nitrogens with zero attached hydrogens (tertiary/aromatic N) is 5. The van der Waals surface area contributed by atoms with Crippen molar-refractivity contribution in [3.63, 3.8) is 0 Å². The summed E-state index contributed by atoms with van der Waals surface area (Å²) in [5.74, 6) is 0.200. The molecule has 0 bridgehead atoms. The Balaban J connectivity index is 1.48. The van der Waals surface area contributed by atoms with Gasteiger partial charge in [-0.15, -0.1) is 0 Å². The predicted octanol–water partition coefficient (Wildman–Crippen LogP) is 0.841. The number of anilines is 2. The first-order valence-corrected chi connectivity index (χ1v) is 11.1. The van der Waals surface area contributed by atoms with Crippen LogP contribution in [0.5, 0.6) is 0 Å². The standard InChI is InChI=1S/C17H22F3N7O3S/c1-12-10-22-16(23-11-12)26-4-6-27(7-5-26)31(29,30)8-2-3-21-14-9-13(17(18,19)20)15(28)25-24-14/h9-11H,2-8H2,1H3,(H,21,24)(H,25,28). The van der Waals surface area contributed by atoms with E-state index in [-0.39, 0.29) is 24.5 Å². The third kappa shape index (κ3) is 5.91. The van der Waals surface area contributed by atoms with E-state index in [2.05, 4.69) is 20.4 Å². The van der Waals surface area contributed by atoms with Crippen LogP contribution in [0.3, 0.4) is 0 Å². The average molecular weight is 461 g/mol. The number of hydrogen-bond acceptors (Lipinski definition) is 8. The fourth-order valence-corrected chi connectivity index (χ4v) is 4.51. The molecule has 0 aliphatic carbocycles. The maximum atomic E-state index is 12.8. The highest BCUT2D eigenvalue weighted by Gasteiger charge is 2.34. The summed E-state index contributed by atoms with van der Waals surface area (Å²) in [5.41, 5.74) is -1.77. The summed E-state index contributed by atoms with van der Waals surface area (Å²) in [6, 6.07) is 0.597. The van der Waals surface area contributed by atoms with Crippen molar-refractivity contribution in [1.29, 1.82) is 0 Å². The van der Waals surface area contributed by atoms with Crippen molar-refractivity contribution in [2.75, 3.05) is 48.7 Å². The maximum absolute atomic E-state index is 12.8. The molecule has 10 nitrogen and oxygen atoms in total. The van der Waals surface area contributed by atoms with Gasteiger partial charge >= 0.3 is 6.18 Å². The minimum absolute atomic E-state index is 0.0761. The third-order valence-electron chi connectivity index (χ3n) is 4.68. The smallest absolute Gasteiger partial charge is 0.369 e. The van der Waals surface area contributed by atoms with E-state index in [1.54, 1.807) is 17.5 Å². The zero-order valence-corrected chi connectivity index (χ0v) is 17.5. The first-order valence-electron chi connectivity index (χ1n) is 9.48. The first-order chi connectivity index (χ1) is 14.6. The zero-order valence-electron chi connectivity index (χ0n) is 16.7. The lowest BCUT2D eigenvalue weighted by atomic mass is 10.3. The van der Waals surface area contributed by atoms with Gasteiger partial charge in [-0.2, -0.15) is 22.6 Å². The maximum Gasteiger partial charge on any atom is 0.421 e. The molecule has 0 radical (unpaired) electrons. The molecule has 170 valence electrons. The number of rotatable bonds is 7. The SMILES string of the molecule is Cc1cnc(N2CCN(S(=O)(=O)CCCNc3cc(C(F)(F)F)c(=O)[nH]n3)CC2)nc1. The topological polar surface area (TPSA) is 124 Å². The molecule has 31 heavy (non-hydrogen) atoms. The lowest BCUT2D eigenvalue weighted by Gasteiger charge is -2.34. The summed E-state index contributed by atoms with van der Waals surface area (Å²) in [6.07, 6.45) is -1.24. The minimum Gasteiger partial charge on any atom is -0.369 e. The molecule has 2 N–H and O–H groups in total. The van der Waals surface area contributed by atoms with E-state index >= 15 is 0 Å². The highest BCUT2D eigenvalue weighted by molar-refractivity contribution is 7.89. The summed E-state index contributed by atoms with van der Waals surface area (Å²) in [4.78, 5) is 21.6. The molecule has 1 fully saturated rings. The van der Waals surface area contributed by atoms with Crippen molar-refractivity contribution in [2.24, 2.45) is 0 Å². The average Bonchev–Trinajstić information content (AvgIpc) is 2.72. The monoisotopic (exact) mass is 461 g/mol. The Kier molecular flexibility index (Phi) is 6.79. The highest BCUT2D eigenvalue weighted by Crippen LogP contribution is 2.27. The minimum atomic E-state index is -4.80. The Morgan fingerprint density at radius 3 is 2.42 bits per heavy atom. The van der Waals surface area contributed by atoms with Gasteiger partial charge in [0.1, 0.15) is 11.4 Å². The van der Waals surface area contributed by atoms with Crippen molar-refractivity contribution in [1.82, 2.24) is 24.5 Å². The number of hydrogen-bond donors (Lipinski definition) is 2. The number of sulfonamides is 1. The number of piperazine rings is 1. The van der Waals surface area contributed by atoms with Crippen LogP contribution in [-0.4, -0.2) is 71.4 Å². The summed E-state index contributed by atoms with van der Waals surface area (Å²) >= 11 is 0. The van der Waals surface area contributed by atoms with Gasteiger partial charge in [0.2, 0.25) is 16.0 Å². The van der Waals surface area contributed by atoms with Crippen LogP contribution in [0.4, 0.5) is 24.9 Å². The Bertz CT molecular complexity index is 1050. The number of aryl methyl sites for hydroxylation is 1. The molecule has 14 heteroatoms. The fraction of sp³-hybridized carbons (Fsp3) is 0.529. The van der Waals surface area contributed by atoms with Gasteiger partial charge < -0.3 is 10.2 Å². The number of aromatic nitrogens is 4. The van der Waals surface area contributed by atoms with Crippen LogP contribution in [0.15, 0.2) is 23.3 Å². The summed E-state index contributed by atoms with van der Waals surface area (Å²) < 4.78 is 64.8. The van der Waals surface area contributed by atoms with Crippen molar-refractivity contribution >= 4 is 21.8 Å². The lowest BCUT2D eigenvalue weighted by molar-refractivity contribution is -0.138. The van der Waals surface area contributed by atoms with E-state index in [9.17, 15) is 26.4 Å². The first kappa shape index (κ1) is 22.9. The van der Waals surface area contributed by atoms with Gasteiger partial charge in [0, 0.05) is 51.2 Å². The number of aromatic amines is 1. The molecule has 1 aliphatic heterocycles. The molecule has 2 aromatic rings. The van der Waals surface area contributed by atoms with Crippen LogP contribution in [0.2, 0.25) is 0 Å². The molecule has 1 saturated heterocycles. The van der Waals surface area contributed by atoms with Crippen LogP contribution in [0.25, 0.3) is 0 Å². The lowest BCUT2D eigenvalue weighted by Crippen LogP contribution is -2.49. The van der Waals surface area contributed by atoms with E-state index in [0.717, 1.165) is 5.56 Å². The van der Waals surface area contributed by atoms with Crippen LogP contribution >= 0.6 is 0 Å². The van der Waals surface area contributed by atoms with Gasteiger partial charge in [-0.3, -0.25) is 4.79 Å². The second-order valence-electron chi connectivity index (χ2n) is 7.04. The van der Waals surface area contributed by atoms with Gasteiger partial charge in [0.25, 0.3) is 5.56 Å². The molecule has 0 atom stereocenters. The van der Waals surface area contributed by atoms with E-state index in [0.29, 0.717) is 38.2 Å². The van der Waals surface area contributed by atoms with Crippen LogP contribution in [0, 0.1) is 6.92 Å². The van der Waals surface area contributed by atoms with Gasteiger partial charge in [0.15, 0.2) is 0 Å². The fourth-order valence-electron chi connectivity index (χ4n) is 3.02. The van der Waals surface area contributed by atoms with Crippen molar-refractivity contribution < 1.29 is 21.6 Å². The quantitative estimate of drug-likeness (QED) is 0.582. The molecule has 1 aliphatic rings. The number of H-pyrrole nitrogens is 1. The Morgan fingerprint density at radius 1 is 1.16 bits per heavy atom. The molecule has 0 aromatic carbocycles. The number of halogens is 3. The third-order valence-corrected chi connectivity index (χ3v) is 6.63. The number of alkyl halides is 3. The molecule has 0 saturated carbocycles. The molecular weight excluding hydrogens is 439 g/mol. The van der Waals surface area contributed by atoms with Crippen molar-refractivity contribution in [3.8, 4) is 0 Å². The molecule has 0 amide bonds. The van der Waals surface area contributed by atoms with Gasteiger partial charge in [-0.1, -0.05) is 0 Å². The van der Waals surface area contributed by atoms with Crippen molar-refractivity contribution in [3.05, 3.63) is 39.9 Å². The van der Waals surface area contributed by atoms with Crippen LogP contribution in [0.1, 0.15) is 17.5 Å².